The second-order valence-electron chi connectivity index (χ2n) is 4.78. The largest absolute Gasteiger partial charge is 0.344 e. The summed E-state index contributed by atoms with van der Waals surface area (Å²) >= 11 is 1.34. The van der Waals surface area contributed by atoms with Crippen LogP contribution in [0.2, 0.25) is 0 Å². The Balaban J connectivity index is 2.04. The summed E-state index contributed by atoms with van der Waals surface area (Å²) in [6.45, 7) is 2.46. The molecule has 0 aliphatic heterocycles. The molecule has 6 nitrogen and oxygen atoms in total. The average Bonchev–Trinajstić information content (AvgIpc) is 2.99. The Morgan fingerprint density at radius 3 is 2.95 bits per heavy atom. The third-order valence-electron chi connectivity index (χ3n) is 3.20. The maximum absolute atomic E-state index is 12.0. The summed E-state index contributed by atoms with van der Waals surface area (Å²) < 4.78 is 1.88. The van der Waals surface area contributed by atoms with Crippen molar-refractivity contribution in [1.29, 1.82) is 5.26 Å². The molecular formula is C15H17N5OS. The number of thioether (sulfide) groups is 1. The van der Waals surface area contributed by atoms with Crippen LogP contribution in [0.5, 0.6) is 0 Å². The molecule has 2 rings (SSSR count). The molecule has 114 valence electrons. The number of aryl methyl sites for hydroxylation is 1. The SMILES string of the molecule is Cc1ccccc1-n1cnnc1SCC(=O)N(C)CCC#N. The Bertz CT molecular complexity index is 691. The Morgan fingerprint density at radius 1 is 1.45 bits per heavy atom. The van der Waals surface area contributed by atoms with Gasteiger partial charge < -0.3 is 4.90 Å². The number of para-hydroxylation sites is 1. The topological polar surface area (TPSA) is 74.8 Å². The lowest BCUT2D eigenvalue weighted by Gasteiger charge is -2.15. The summed E-state index contributed by atoms with van der Waals surface area (Å²) in [5.41, 5.74) is 2.11. The van der Waals surface area contributed by atoms with Crippen LogP contribution in [0, 0.1) is 18.3 Å². The van der Waals surface area contributed by atoms with Crippen LogP contribution < -0.4 is 0 Å². The van der Waals surface area contributed by atoms with Gasteiger partial charge in [-0.3, -0.25) is 9.36 Å². The van der Waals surface area contributed by atoms with Gasteiger partial charge >= 0.3 is 0 Å². The molecule has 0 aliphatic rings. The number of hydrogen-bond donors (Lipinski definition) is 0. The highest BCUT2D eigenvalue weighted by Gasteiger charge is 2.13. The third kappa shape index (κ3) is 3.86. The van der Waals surface area contributed by atoms with Gasteiger partial charge in [0.25, 0.3) is 0 Å². The molecular weight excluding hydrogens is 298 g/mol. The van der Waals surface area contributed by atoms with E-state index in [1.165, 1.54) is 11.8 Å². The Morgan fingerprint density at radius 2 is 2.23 bits per heavy atom. The fourth-order valence-electron chi connectivity index (χ4n) is 1.90. The summed E-state index contributed by atoms with van der Waals surface area (Å²) in [5, 5.41) is 17.2. The lowest BCUT2D eigenvalue weighted by molar-refractivity contribution is -0.127. The summed E-state index contributed by atoms with van der Waals surface area (Å²) in [6.07, 6.45) is 1.99. The van der Waals surface area contributed by atoms with Crippen molar-refractivity contribution in [2.24, 2.45) is 0 Å². The monoisotopic (exact) mass is 315 g/mol. The molecule has 1 amide bonds. The van der Waals surface area contributed by atoms with E-state index in [1.54, 1.807) is 18.3 Å². The van der Waals surface area contributed by atoms with Gasteiger partial charge in [0.05, 0.1) is 23.9 Å². The van der Waals surface area contributed by atoms with Gasteiger partial charge in [-0.05, 0) is 18.6 Å². The number of hydrogen-bond acceptors (Lipinski definition) is 5. The zero-order valence-corrected chi connectivity index (χ0v) is 13.4. The number of rotatable bonds is 6. The van der Waals surface area contributed by atoms with E-state index in [-0.39, 0.29) is 11.7 Å². The zero-order chi connectivity index (χ0) is 15.9. The number of carbonyl (C=O) groups is 1. The Kier molecular flexibility index (Phi) is 5.55. The van der Waals surface area contributed by atoms with Gasteiger partial charge in [-0.1, -0.05) is 30.0 Å². The first kappa shape index (κ1) is 16.0. The predicted octanol–water partition coefficient (Wildman–Crippen LogP) is 2.04. The molecule has 0 radical (unpaired) electrons. The van der Waals surface area contributed by atoms with Crippen LogP contribution >= 0.6 is 11.8 Å². The van der Waals surface area contributed by atoms with Gasteiger partial charge in [-0.25, -0.2) is 0 Å². The maximum atomic E-state index is 12.0. The molecule has 2 aromatic rings. The Labute approximate surface area is 133 Å². The first-order valence-corrected chi connectivity index (χ1v) is 7.81. The number of carbonyl (C=O) groups excluding carboxylic acids is 1. The number of aromatic nitrogens is 3. The molecule has 0 saturated carbocycles. The molecule has 1 aromatic heterocycles. The van der Waals surface area contributed by atoms with Crippen molar-refractivity contribution in [2.75, 3.05) is 19.3 Å². The molecule has 0 N–H and O–H groups in total. The van der Waals surface area contributed by atoms with E-state index in [2.05, 4.69) is 10.2 Å². The highest BCUT2D eigenvalue weighted by atomic mass is 32.2. The summed E-state index contributed by atoms with van der Waals surface area (Å²) in [6, 6.07) is 9.97. The van der Waals surface area contributed by atoms with E-state index in [0.29, 0.717) is 18.1 Å². The van der Waals surface area contributed by atoms with Crippen molar-refractivity contribution < 1.29 is 4.79 Å². The fraction of sp³-hybridized carbons (Fsp3) is 0.333. The highest BCUT2D eigenvalue weighted by Crippen LogP contribution is 2.21. The number of nitriles is 1. The van der Waals surface area contributed by atoms with Crippen LogP contribution in [0.4, 0.5) is 0 Å². The van der Waals surface area contributed by atoms with Crippen LogP contribution in [-0.4, -0.2) is 44.9 Å². The summed E-state index contributed by atoms with van der Waals surface area (Å²) in [4.78, 5) is 13.6. The number of nitrogens with zero attached hydrogens (tertiary/aromatic N) is 5. The van der Waals surface area contributed by atoms with Crippen molar-refractivity contribution in [3.05, 3.63) is 36.2 Å². The van der Waals surface area contributed by atoms with E-state index < -0.39 is 0 Å². The molecule has 0 fully saturated rings. The quantitative estimate of drug-likeness (QED) is 0.763. The van der Waals surface area contributed by atoms with Gasteiger partial charge in [0.15, 0.2) is 5.16 Å². The van der Waals surface area contributed by atoms with Crippen molar-refractivity contribution in [3.8, 4) is 11.8 Å². The minimum absolute atomic E-state index is 0.0282. The average molecular weight is 315 g/mol. The van der Waals surface area contributed by atoms with Crippen molar-refractivity contribution in [1.82, 2.24) is 19.7 Å². The van der Waals surface area contributed by atoms with Crippen molar-refractivity contribution in [2.45, 2.75) is 18.5 Å². The minimum Gasteiger partial charge on any atom is -0.344 e. The van der Waals surface area contributed by atoms with Crippen molar-refractivity contribution >= 4 is 17.7 Å². The third-order valence-corrected chi connectivity index (χ3v) is 4.13. The molecule has 0 unspecified atom stereocenters. The zero-order valence-electron chi connectivity index (χ0n) is 12.6. The van der Waals surface area contributed by atoms with E-state index in [9.17, 15) is 4.79 Å². The van der Waals surface area contributed by atoms with Crippen LogP contribution in [0.25, 0.3) is 5.69 Å². The smallest absolute Gasteiger partial charge is 0.232 e. The normalized spacial score (nSPS) is 10.2. The van der Waals surface area contributed by atoms with Crippen LogP contribution in [0.3, 0.4) is 0 Å². The van der Waals surface area contributed by atoms with Crippen LogP contribution in [0.15, 0.2) is 35.7 Å². The summed E-state index contributed by atoms with van der Waals surface area (Å²) in [5.74, 6) is 0.242. The Hall–Kier alpha value is -2.33. The van der Waals surface area contributed by atoms with E-state index in [1.807, 2.05) is 41.8 Å². The molecule has 0 bridgehead atoms. The lowest BCUT2D eigenvalue weighted by Crippen LogP contribution is -2.29. The molecule has 22 heavy (non-hydrogen) atoms. The molecule has 1 heterocycles. The lowest BCUT2D eigenvalue weighted by atomic mass is 10.2. The standard InChI is InChI=1S/C15H17N5OS/c1-12-6-3-4-7-13(12)20-11-17-18-15(20)22-10-14(21)19(2)9-5-8-16/h3-4,6-7,11H,5,9-10H2,1-2H3. The van der Waals surface area contributed by atoms with Crippen molar-refractivity contribution in [3.63, 3.8) is 0 Å². The minimum atomic E-state index is -0.0282. The molecule has 0 spiro atoms. The molecule has 0 atom stereocenters. The fourth-order valence-corrected chi connectivity index (χ4v) is 2.76. The predicted molar refractivity (Wildman–Crippen MR) is 84.7 cm³/mol. The highest BCUT2D eigenvalue weighted by molar-refractivity contribution is 7.99. The molecule has 0 aliphatic carbocycles. The first-order valence-electron chi connectivity index (χ1n) is 6.83. The van der Waals surface area contributed by atoms with E-state index >= 15 is 0 Å². The van der Waals surface area contributed by atoms with Crippen LogP contribution in [-0.2, 0) is 4.79 Å². The number of benzene rings is 1. The molecule has 0 saturated heterocycles. The van der Waals surface area contributed by atoms with Gasteiger partial charge in [-0.15, -0.1) is 10.2 Å². The first-order chi connectivity index (χ1) is 10.6. The van der Waals surface area contributed by atoms with Gasteiger partial charge in [-0.2, -0.15) is 5.26 Å². The second-order valence-corrected chi connectivity index (χ2v) is 5.72. The van der Waals surface area contributed by atoms with Gasteiger partial charge in [0, 0.05) is 13.6 Å². The van der Waals surface area contributed by atoms with E-state index in [4.69, 9.17) is 5.26 Å². The molecule has 7 heteroatoms. The summed E-state index contributed by atoms with van der Waals surface area (Å²) in [7, 11) is 1.70. The van der Waals surface area contributed by atoms with Gasteiger partial charge in [0.2, 0.25) is 5.91 Å². The molecule has 1 aromatic carbocycles. The van der Waals surface area contributed by atoms with Crippen LogP contribution in [0.1, 0.15) is 12.0 Å². The maximum Gasteiger partial charge on any atom is 0.232 e. The van der Waals surface area contributed by atoms with E-state index in [0.717, 1.165) is 11.3 Å². The number of amides is 1. The van der Waals surface area contributed by atoms with Gasteiger partial charge in [0.1, 0.15) is 6.33 Å². The second kappa shape index (κ2) is 7.61.